The Kier molecular flexibility index (Phi) is 7.58. The molecule has 0 N–H and O–H groups in total. The van der Waals surface area contributed by atoms with Gasteiger partial charge in [-0.2, -0.15) is 0 Å². The number of thiophene rings is 1. The second-order valence-electron chi connectivity index (χ2n) is 14.4. The van der Waals surface area contributed by atoms with Crippen LogP contribution >= 0.6 is 11.3 Å². The van der Waals surface area contributed by atoms with Gasteiger partial charge < -0.3 is 0 Å². The van der Waals surface area contributed by atoms with Gasteiger partial charge in [-0.1, -0.05) is 176 Å². The molecule has 0 saturated heterocycles. The molecular formula is C52H33N3S. The van der Waals surface area contributed by atoms with Crippen molar-refractivity contribution >= 4 is 31.5 Å². The fourth-order valence-electron chi connectivity index (χ4n) is 8.68. The molecule has 0 radical (unpaired) electrons. The lowest BCUT2D eigenvalue weighted by Gasteiger charge is -2.33. The maximum atomic E-state index is 5.26. The average molecular weight is 732 g/mol. The second-order valence-corrected chi connectivity index (χ2v) is 15.4. The van der Waals surface area contributed by atoms with Gasteiger partial charge >= 0.3 is 0 Å². The molecule has 0 bridgehead atoms. The highest BCUT2D eigenvalue weighted by Gasteiger charge is 2.46. The molecule has 11 rings (SSSR count). The SMILES string of the molecule is c1ccc(-c2cccc(-c3nc(-c4ccc5c(c4)-c4ccccc4C5(c4ccccc4)c4ccccc4)nc(-c4ccc5c(c4)sc4ccccc45)n3)c2)cc1. The summed E-state index contributed by atoms with van der Waals surface area (Å²) < 4.78 is 2.49. The molecule has 2 aromatic heterocycles. The van der Waals surface area contributed by atoms with Crippen molar-refractivity contribution in [1.29, 1.82) is 0 Å². The number of hydrogen-bond acceptors (Lipinski definition) is 4. The first-order chi connectivity index (χ1) is 27.7. The zero-order chi connectivity index (χ0) is 37.1. The van der Waals surface area contributed by atoms with Crippen molar-refractivity contribution in [1.82, 2.24) is 15.0 Å². The van der Waals surface area contributed by atoms with Gasteiger partial charge in [-0.15, -0.1) is 11.3 Å². The Morgan fingerprint density at radius 3 is 1.57 bits per heavy atom. The van der Waals surface area contributed by atoms with Crippen LogP contribution in [-0.2, 0) is 5.41 Å². The van der Waals surface area contributed by atoms with Crippen LogP contribution in [0.25, 0.3) is 76.6 Å². The minimum atomic E-state index is -0.472. The normalized spacial score (nSPS) is 12.8. The number of nitrogens with zero attached hydrogens (tertiary/aromatic N) is 3. The maximum absolute atomic E-state index is 5.26. The summed E-state index contributed by atoms with van der Waals surface area (Å²) in [5.41, 5.74) is 12.1. The van der Waals surface area contributed by atoms with E-state index in [0.29, 0.717) is 17.5 Å². The van der Waals surface area contributed by atoms with Crippen molar-refractivity contribution in [3.8, 4) is 56.4 Å². The largest absolute Gasteiger partial charge is 0.208 e. The van der Waals surface area contributed by atoms with Gasteiger partial charge in [0.05, 0.1) is 5.41 Å². The molecule has 1 aliphatic carbocycles. The minimum absolute atomic E-state index is 0.472. The Hall–Kier alpha value is -7.01. The van der Waals surface area contributed by atoms with E-state index in [2.05, 4.69) is 194 Å². The summed E-state index contributed by atoms with van der Waals surface area (Å²) in [7, 11) is 0. The van der Waals surface area contributed by atoms with E-state index in [9.17, 15) is 0 Å². The Morgan fingerprint density at radius 2 is 0.839 bits per heavy atom. The van der Waals surface area contributed by atoms with Gasteiger partial charge in [-0.25, -0.2) is 15.0 Å². The molecule has 0 atom stereocenters. The molecule has 56 heavy (non-hydrogen) atoms. The summed E-state index contributed by atoms with van der Waals surface area (Å²) in [6.45, 7) is 0. The van der Waals surface area contributed by atoms with E-state index in [4.69, 9.17) is 15.0 Å². The monoisotopic (exact) mass is 731 g/mol. The van der Waals surface area contributed by atoms with E-state index >= 15 is 0 Å². The van der Waals surface area contributed by atoms with E-state index in [-0.39, 0.29) is 0 Å². The Morgan fingerprint density at radius 1 is 0.321 bits per heavy atom. The first-order valence-corrected chi connectivity index (χ1v) is 19.8. The van der Waals surface area contributed by atoms with E-state index in [0.717, 1.165) is 27.8 Å². The van der Waals surface area contributed by atoms with Crippen LogP contribution in [0.4, 0.5) is 0 Å². The zero-order valence-electron chi connectivity index (χ0n) is 30.3. The third-order valence-electron chi connectivity index (χ3n) is 11.2. The highest BCUT2D eigenvalue weighted by molar-refractivity contribution is 7.25. The van der Waals surface area contributed by atoms with Crippen molar-refractivity contribution in [3.05, 3.63) is 222 Å². The lowest BCUT2D eigenvalue weighted by Crippen LogP contribution is -2.28. The van der Waals surface area contributed by atoms with Gasteiger partial charge in [0.25, 0.3) is 0 Å². The summed E-state index contributed by atoms with van der Waals surface area (Å²) in [6, 6.07) is 71.6. The molecule has 8 aromatic carbocycles. The Bertz CT molecular complexity index is 3040. The van der Waals surface area contributed by atoms with Crippen LogP contribution in [0.15, 0.2) is 200 Å². The topological polar surface area (TPSA) is 38.7 Å². The molecule has 262 valence electrons. The molecule has 0 unspecified atom stereocenters. The van der Waals surface area contributed by atoms with Crippen LogP contribution in [0, 0.1) is 0 Å². The van der Waals surface area contributed by atoms with Gasteiger partial charge in [-0.05, 0) is 68.8 Å². The van der Waals surface area contributed by atoms with Crippen molar-refractivity contribution < 1.29 is 0 Å². The standard InChI is InChI=1S/C52H33N3S/c1-4-15-34(16-5-1)35-17-14-18-36(31-35)49-53-50(55-51(54-49)38-27-29-43-42-24-11-13-26-47(42)56-48(43)33-38)37-28-30-46-44(32-37)41-23-10-12-25-45(41)52(46,39-19-6-2-7-20-39)40-21-8-3-9-22-40/h1-33H. The third-order valence-corrected chi connectivity index (χ3v) is 12.4. The summed E-state index contributed by atoms with van der Waals surface area (Å²) in [4.78, 5) is 15.7. The molecular weight excluding hydrogens is 699 g/mol. The van der Waals surface area contributed by atoms with Crippen LogP contribution in [0.1, 0.15) is 22.3 Å². The van der Waals surface area contributed by atoms with Crippen molar-refractivity contribution in [3.63, 3.8) is 0 Å². The van der Waals surface area contributed by atoms with E-state index < -0.39 is 5.41 Å². The van der Waals surface area contributed by atoms with Gasteiger partial charge in [0.1, 0.15) is 0 Å². The fraction of sp³-hybridized carbons (Fsp3) is 0.0192. The van der Waals surface area contributed by atoms with Crippen LogP contribution in [0.3, 0.4) is 0 Å². The molecule has 0 amide bonds. The van der Waals surface area contributed by atoms with Gasteiger partial charge in [0, 0.05) is 36.9 Å². The van der Waals surface area contributed by atoms with Gasteiger partial charge in [0.15, 0.2) is 17.5 Å². The summed E-state index contributed by atoms with van der Waals surface area (Å²) in [5, 5.41) is 2.52. The predicted molar refractivity (Wildman–Crippen MR) is 232 cm³/mol. The number of benzene rings is 8. The first-order valence-electron chi connectivity index (χ1n) is 18.9. The number of fused-ring (bicyclic) bond motifs is 6. The van der Waals surface area contributed by atoms with Crippen molar-refractivity contribution in [2.24, 2.45) is 0 Å². The number of hydrogen-bond donors (Lipinski definition) is 0. The van der Waals surface area contributed by atoms with Crippen LogP contribution in [0.2, 0.25) is 0 Å². The van der Waals surface area contributed by atoms with Crippen LogP contribution in [-0.4, -0.2) is 15.0 Å². The smallest absolute Gasteiger partial charge is 0.164 e. The van der Waals surface area contributed by atoms with E-state index in [1.54, 1.807) is 11.3 Å². The van der Waals surface area contributed by atoms with E-state index in [1.807, 2.05) is 6.07 Å². The molecule has 0 aliphatic heterocycles. The number of aromatic nitrogens is 3. The molecule has 0 spiro atoms. The first kappa shape index (κ1) is 32.4. The third kappa shape index (κ3) is 5.14. The van der Waals surface area contributed by atoms with Gasteiger partial charge in [-0.3, -0.25) is 0 Å². The minimum Gasteiger partial charge on any atom is -0.208 e. The summed E-state index contributed by atoms with van der Waals surface area (Å²) in [5.74, 6) is 1.94. The Balaban J connectivity index is 1.12. The Labute approximate surface area is 329 Å². The number of rotatable bonds is 6. The lowest BCUT2D eigenvalue weighted by atomic mass is 9.67. The highest BCUT2D eigenvalue weighted by atomic mass is 32.1. The molecule has 4 heteroatoms. The van der Waals surface area contributed by atoms with Gasteiger partial charge in [0.2, 0.25) is 0 Å². The summed E-state index contributed by atoms with van der Waals surface area (Å²) >= 11 is 1.80. The van der Waals surface area contributed by atoms with E-state index in [1.165, 1.54) is 53.6 Å². The van der Waals surface area contributed by atoms with Crippen LogP contribution in [0.5, 0.6) is 0 Å². The molecule has 3 nitrogen and oxygen atoms in total. The molecule has 2 heterocycles. The molecule has 0 fully saturated rings. The fourth-order valence-corrected chi connectivity index (χ4v) is 9.83. The second kappa shape index (κ2) is 13.1. The molecule has 1 aliphatic rings. The summed E-state index contributed by atoms with van der Waals surface area (Å²) in [6.07, 6.45) is 0. The quantitative estimate of drug-likeness (QED) is 0.171. The highest BCUT2D eigenvalue weighted by Crippen LogP contribution is 2.56. The lowest BCUT2D eigenvalue weighted by molar-refractivity contribution is 0.768. The predicted octanol–water partition coefficient (Wildman–Crippen LogP) is 13.3. The maximum Gasteiger partial charge on any atom is 0.164 e. The molecule has 10 aromatic rings. The zero-order valence-corrected chi connectivity index (χ0v) is 31.1. The molecule has 0 saturated carbocycles. The average Bonchev–Trinajstić information content (AvgIpc) is 3.80. The van der Waals surface area contributed by atoms with Crippen LogP contribution < -0.4 is 0 Å². The van der Waals surface area contributed by atoms with Crippen molar-refractivity contribution in [2.45, 2.75) is 5.41 Å². The van der Waals surface area contributed by atoms with Crippen molar-refractivity contribution in [2.75, 3.05) is 0 Å².